The Kier molecular flexibility index (Phi) is 5.90. The second-order valence-electron chi connectivity index (χ2n) is 8.49. The molecule has 2 aliphatic rings. The van der Waals surface area contributed by atoms with Crippen LogP contribution in [0.1, 0.15) is 59.8 Å². The minimum Gasteiger partial charge on any atom is -0.364 e. The lowest BCUT2D eigenvalue weighted by Gasteiger charge is -2.38. The predicted octanol–water partition coefficient (Wildman–Crippen LogP) is 2.67. The normalized spacial score (nSPS) is 23.1. The number of fused-ring (bicyclic) bond motifs is 1. The smallest absolute Gasteiger partial charge is 0.271 e. The monoisotopic (exact) mass is 408 g/mol. The van der Waals surface area contributed by atoms with Crippen LogP contribution in [0.5, 0.6) is 0 Å². The van der Waals surface area contributed by atoms with Crippen molar-refractivity contribution in [3.8, 4) is 0 Å². The number of nitrogens with one attached hydrogen (secondary N) is 1. The molecule has 3 atom stereocenters. The SMILES string of the molecule is CNC1CCCCC1N(C)c1cnc(C(N)=O)c(N(C)C2CCc3ccccc32)n1. The van der Waals surface area contributed by atoms with Gasteiger partial charge in [0.05, 0.1) is 12.2 Å². The fourth-order valence-electron chi connectivity index (χ4n) is 5.13. The fourth-order valence-corrected chi connectivity index (χ4v) is 5.13. The van der Waals surface area contributed by atoms with Crippen LogP contribution in [-0.2, 0) is 6.42 Å². The number of nitrogens with two attached hydrogens (primary N) is 1. The molecule has 0 saturated heterocycles. The molecule has 0 aliphatic heterocycles. The topological polar surface area (TPSA) is 87.4 Å². The van der Waals surface area contributed by atoms with E-state index in [-0.39, 0.29) is 11.7 Å². The van der Waals surface area contributed by atoms with Crippen molar-refractivity contribution < 1.29 is 4.79 Å². The highest BCUT2D eigenvalue weighted by molar-refractivity contribution is 5.96. The highest BCUT2D eigenvalue weighted by Gasteiger charge is 2.31. The first-order valence-electron chi connectivity index (χ1n) is 10.9. The summed E-state index contributed by atoms with van der Waals surface area (Å²) in [7, 11) is 6.09. The third-order valence-corrected chi connectivity index (χ3v) is 6.84. The summed E-state index contributed by atoms with van der Waals surface area (Å²) in [4.78, 5) is 25.8. The minimum atomic E-state index is -0.546. The molecule has 7 nitrogen and oxygen atoms in total. The van der Waals surface area contributed by atoms with Gasteiger partial charge in [-0.05, 0) is 43.9 Å². The van der Waals surface area contributed by atoms with Gasteiger partial charge in [0, 0.05) is 26.2 Å². The fraction of sp³-hybridized carbons (Fsp3) is 0.522. The number of benzene rings is 1. The van der Waals surface area contributed by atoms with Crippen LogP contribution < -0.4 is 20.9 Å². The Hall–Kier alpha value is -2.67. The van der Waals surface area contributed by atoms with E-state index in [2.05, 4.69) is 51.4 Å². The number of amides is 1. The van der Waals surface area contributed by atoms with Gasteiger partial charge in [0.2, 0.25) is 0 Å². The molecule has 3 unspecified atom stereocenters. The van der Waals surface area contributed by atoms with Gasteiger partial charge >= 0.3 is 0 Å². The van der Waals surface area contributed by atoms with Crippen LogP contribution in [0.2, 0.25) is 0 Å². The summed E-state index contributed by atoms with van der Waals surface area (Å²) >= 11 is 0. The van der Waals surface area contributed by atoms with Gasteiger partial charge < -0.3 is 20.9 Å². The van der Waals surface area contributed by atoms with Crippen molar-refractivity contribution in [1.29, 1.82) is 0 Å². The van der Waals surface area contributed by atoms with Crippen LogP contribution in [0.4, 0.5) is 11.6 Å². The van der Waals surface area contributed by atoms with E-state index in [4.69, 9.17) is 10.7 Å². The number of carbonyl (C=O) groups is 1. The van der Waals surface area contributed by atoms with E-state index in [9.17, 15) is 4.79 Å². The average Bonchev–Trinajstić information content (AvgIpc) is 3.21. The molecule has 1 amide bonds. The number of aromatic nitrogens is 2. The molecule has 0 spiro atoms. The van der Waals surface area contributed by atoms with E-state index in [0.717, 1.165) is 31.5 Å². The van der Waals surface area contributed by atoms with Gasteiger partial charge in [-0.1, -0.05) is 37.1 Å². The summed E-state index contributed by atoms with van der Waals surface area (Å²) in [6.45, 7) is 0. The molecule has 0 radical (unpaired) electrons. The summed E-state index contributed by atoms with van der Waals surface area (Å²) < 4.78 is 0. The van der Waals surface area contributed by atoms with Crippen LogP contribution in [0.15, 0.2) is 30.5 Å². The summed E-state index contributed by atoms with van der Waals surface area (Å²) in [5, 5.41) is 3.45. The molecule has 1 fully saturated rings. The molecule has 30 heavy (non-hydrogen) atoms. The summed E-state index contributed by atoms with van der Waals surface area (Å²) in [5.74, 6) is 0.793. The van der Waals surface area contributed by atoms with Gasteiger partial charge in [0.15, 0.2) is 11.5 Å². The number of aryl methyl sites for hydroxylation is 1. The van der Waals surface area contributed by atoms with Crippen LogP contribution >= 0.6 is 0 Å². The minimum absolute atomic E-state index is 0.161. The van der Waals surface area contributed by atoms with Crippen molar-refractivity contribution in [1.82, 2.24) is 15.3 Å². The zero-order valence-corrected chi connectivity index (χ0v) is 18.1. The largest absolute Gasteiger partial charge is 0.364 e. The summed E-state index contributed by atoms with van der Waals surface area (Å²) in [6, 6.07) is 9.41. The van der Waals surface area contributed by atoms with Crippen molar-refractivity contribution >= 4 is 17.5 Å². The Bertz CT molecular complexity index is 916. The van der Waals surface area contributed by atoms with Crippen molar-refractivity contribution in [3.63, 3.8) is 0 Å². The molecule has 1 saturated carbocycles. The number of likely N-dealkylation sites (N-methyl/N-ethyl adjacent to an activating group) is 2. The predicted molar refractivity (Wildman–Crippen MR) is 120 cm³/mol. The summed E-state index contributed by atoms with van der Waals surface area (Å²) in [5.41, 5.74) is 8.54. The van der Waals surface area contributed by atoms with Gasteiger partial charge in [0.1, 0.15) is 5.82 Å². The lowest BCUT2D eigenvalue weighted by Crippen LogP contribution is -2.50. The molecule has 2 aliphatic carbocycles. The molecule has 1 heterocycles. The van der Waals surface area contributed by atoms with Crippen molar-refractivity contribution in [2.75, 3.05) is 30.9 Å². The third kappa shape index (κ3) is 3.74. The Morgan fingerprint density at radius 1 is 1.13 bits per heavy atom. The van der Waals surface area contributed by atoms with Crippen molar-refractivity contribution in [3.05, 3.63) is 47.3 Å². The molecule has 1 aromatic carbocycles. The molecule has 2 aromatic rings. The highest BCUT2D eigenvalue weighted by Crippen LogP contribution is 2.38. The molecule has 1 aromatic heterocycles. The van der Waals surface area contributed by atoms with Crippen LogP contribution in [0.25, 0.3) is 0 Å². The molecule has 7 heteroatoms. The van der Waals surface area contributed by atoms with Gasteiger partial charge in [0.25, 0.3) is 5.91 Å². The van der Waals surface area contributed by atoms with Gasteiger partial charge in [-0.25, -0.2) is 9.97 Å². The first kappa shape index (κ1) is 20.6. The summed E-state index contributed by atoms with van der Waals surface area (Å²) in [6.07, 6.45) is 8.42. The molecular weight excluding hydrogens is 376 g/mol. The third-order valence-electron chi connectivity index (χ3n) is 6.84. The molecule has 4 rings (SSSR count). The number of carbonyl (C=O) groups excluding carboxylic acids is 1. The number of nitrogens with zero attached hydrogens (tertiary/aromatic N) is 4. The quantitative estimate of drug-likeness (QED) is 0.764. The molecule has 0 bridgehead atoms. The van der Waals surface area contributed by atoms with Crippen LogP contribution in [0.3, 0.4) is 0 Å². The number of hydrogen-bond donors (Lipinski definition) is 2. The van der Waals surface area contributed by atoms with E-state index in [1.165, 1.54) is 24.0 Å². The standard InChI is InChI=1S/C23H32N6O/c1-25-17-10-6-7-11-19(17)28(2)20-14-26-21(22(24)30)23(27-20)29(3)18-13-12-15-8-4-5-9-16(15)18/h4-5,8-9,14,17-19,25H,6-7,10-13H2,1-3H3,(H2,24,30). The van der Waals surface area contributed by atoms with Gasteiger partial charge in [-0.15, -0.1) is 0 Å². The first-order chi connectivity index (χ1) is 14.5. The van der Waals surface area contributed by atoms with E-state index in [1.807, 2.05) is 14.1 Å². The van der Waals surface area contributed by atoms with E-state index >= 15 is 0 Å². The zero-order chi connectivity index (χ0) is 21.3. The average molecular weight is 409 g/mol. The maximum Gasteiger partial charge on any atom is 0.271 e. The molecular formula is C23H32N6O. The number of rotatable bonds is 6. The molecule has 160 valence electrons. The lowest BCUT2D eigenvalue weighted by atomic mass is 9.89. The van der Waals surface area contributed by atoms with Gasteiger partial charge in [-0.2, -0.15) is 0 Å². The van der Waals surface area contributed by atoms with Crippen LogP contribution in [-0.4, -0.2) is 49.1 Å². The van der Waals surface area contributed by atoms with E-state index in [0.29, 0.717) is 17.9 Å². The molecule has 3 N–H and O–H groups in total. The second-order valence-corrected chi connectivity index (χ2v) is 8.49. The second kappa shape index (κ2) is 8.60. The Morgan fingerprint density at radius 3 is 2.67 bits per heavy atom. The van der Waals surface area contributed by atoms with Gasteiger partial charge in [-0.3, -0.25) is 4.79 Å². The Labute approximate surface area is 178 Å². The number of primary amides is 1. The Balaban J connectivity index is 1.68. The van der Waals surface area contributed by atoms with Crippen LogP contribution in [0, 0.1) is 0 Å². The maximum atomic E-state index is 12.1. The number of hydrogen-bond acceptors (Lipinski definition) is 6. The number of anilines is 2. The zero-order valence-electron chi connectivity index (χ0n) is 18.1. The van der Waals surface area contributed by atoms with Crippen molar-refractivity contribution in [2.24, 2.45) is 5.73 Å². The van der Waals surface area contributed by atoms with Crippen molar-refractivity contribution in [2.45, 2.75) is 56.7 Å². The Morgan fingerprint density at radius 2 is 1.90 bits per heavy atom. The van der Waals surface area contributed by atoms with E-state index < -0.39 is 5.91 Å². The lowest BCUT2D eigenvalue weighted by molar-refractivity contribution is 0.0995. The van der Waals surface area contributed by atoms with E-state index in [1.54, 1.807) is 6.20 Å². The first-order valence-corrected chi connectivity index (χ1v) is 10.9. The highest BCUT2D eigenvalue weighted by atomic mass is 16.1. The maximum absolute atomic E-state index is 12.1.